The van der Waals surface area contributed by atoms with Crippen LogP contribution in [0.5, 0.6) is 11.5 Å². The van der Waals surface area contributed by atoms with E-state index in [1.54, 1.807) is 7.05 Å². The van der Waals surface area contributed by atoms with Crippen LogP contribution < -0.4 is 30.7 Å². The maximum absolute atomic E-state index is 16.6. The SMILES string of the molecule is COCCOc1ccc(C(N)=O)c(-c2c(C)c(F)cc3c2C(C)[C@@](C#CNC2CCC(C(=O)N4CCC(CN5CCC(C6=C(F)c7c(c(N8CCC(=O)NC8=O)nn7C)CC6F)CC5)CC4)CC2)(c2ccccc2)O3)c1F. The number of nitrogens with two attached hydrogens (primary N) is 1. The van der Waals surface area contributed by atoms with Gasteiger partial charge < -0.3 is 35.1 Å². The maximum Gasteiger partial charge on any atom is 0.329 e. The van der Waals surface area contributed by atoms with Gasteiger partial charge in [0.1, 0.15) is 30.0 Å². The van der Waals surface area contributed by atoms with Gasteiger partial charge in [-0.2, -0.15) is 5.10 Å². The number of benzene rings is 3. The number of halogens is 4. The van der Waals surface area contributed by atoms with Gasteiger partial charge in [-0.3, -0.25) is 29.3 Å². The first-order valence-electron chi connectivity index (χ1n) is 26.9. The number of amides is 5. The van der Waals surface area contributed by atoms with Crippen molar-refractivity contribution in [3.63, 3.8) is 0 Å². The molecule has 15 nitrogen and oxygen atoms in total. The Morgan fingerprint density at radius 1 is 0.948 bits per heavy atom. The Kier molecular flexibility index (Phi) is 15.4. The topological polar surface area (TPSA) is 174 Å². The fraction of sp³-hybridized carbons (Fsp3) is 0.500. The van der Waals surface area contributed by atoms with Crippen LogP contribution >= 0.6 is 0 Å². The number of fused-ring (bicyclic) bond motifs is 2. The molecule has 2 aliphatic carbocycles. The number of rotatable bonds is 13. The smallest absolute Gasteiger partial charge is 0.329 e. The number of carbonyl (C=O) groups is 4. The highest BCUT2D eigenvalue weighted by Crippen LogP contribution is 2.56. The molecule has 19 heteroatoms. The van der Waals surface area contributed by atoms with Gasteiger partial charge in [-0.15, -0.1) is 0 Å². The molecule has 77 heavy (non-hydrogen) atoms. The molecule has 4 aliphatic heterocycles. The van der Waals surface area contributed by atoms with Crippen molar-refractivity contribution in [1.82, 2.24) is 30.2 Å². The average molecular weight is 1060 g/mol. The first kappa shape index (κ1) is 53.5. The van der Waals surface area contributed by atoms with Crippen LogP contribution in [0.1, 0.15) is 109 Å². The Hall–Kier alpha value is -6.91. The molecule has 408 valence electrons. The lowest BCUT2D eigenvalue weighted by molar-refractivity contribution is -0.138. The summed E-state index contributed by atoms with van der Waals surface area (Å²) >= 11 is 0. The Morgan fingerprint density at radius 3 is 2.36 bits per heavy atom. The summed E-state index contributed by atoms with van der Waals surface area (Å²) in [5.74, 6) is -0.196. The van der Waals surface area contributed by atoms with Crippen LogP contribution in [0.3, 0.4) is 0 Å². The number of allylic oxidation sites excluding steroid dienone is 1. The number of alkyl halides is 1. The summed E-state index contributed by atoms with van der Waals surface area (Å²) in [6.45, 7) is 7.42. The minimum Gasteiger partial charge on any atom is -0.488 e. The highest BCUT2D eigenvalue weighted by molar-refractivity contribution is 6.06. The van der Waals surface area contributed by atoms with Crippen LogP contribution in [0.4, 0.5) is 28.2 Å². The zero-order valence-corrected chi connectivity index (χ0v) is 44.0. The Morgan fingerprint density at radius 2 is 1.68 bits per heavy atom. The van der Waals surface area contributed by atoms with Crippen molar-refractivity contribution >= 4 is 35.4 Å². The van der Waals surface area contributed by atoms with Gasteiger partial charge in [0.05, 0.1) is 12.2 Å². The number of ether oxygens (including phenoxy) is 3. The fourth-order valence-corrected chi connectivity index (χ4v) is 12.7. The predicted octanol–water partition coefficient (Wildman–Crippen LogP) is 7.97. The number of likely N-dealkylation sites (tertiary alicyclic amines) is 2. The summed E-state index contributed by atoms with van der Waals surface area (Å²) < 4.78 is 83.7. The number of hydrogen-bond donors (Lipinski definition) is 3. The van der Waals surface area contributed by atoms with Crippen molar-refractivity contribution in [2.24, 2.45) is 30.5 Å². The third-order valence-electron chi connectivity index (χ3n) is 16.9. The second kappa shape index (κ2) is 22.2. The van der Waals surface area contributed by atoms with Gasteiger partial charge in [-0.1, -0.05) is 37.3 Å². The number of aromatic nitrogens is 2. The number of carbonyl (C=O) groups excluding carboxylic acids is 4. The number of aryl methyl sites for hydroxylation is 1. The van der Waals surface area contributed by atoms with Crippen LogP contribution in [0.15, 0.2) is 54.1 Å². The molecule has 3 atom stereocenters. The van der Waals surface area contributed by atoms with E-state index in [4.69, 9.17) is 19.9 Å². The molecule has 1 saturated carbocycles. The summed E-state index contributed by atoms with van der Waals surface area (Å²) in [6.07, 6.45) is 4.35. The molecule has 4 aromatic rings. The zero-order chi connectivity index (χ0) is 54.3. The van der Waals surface area contributed by atoms with Crippen molar-refractivity contribution in [2.45, 2.75) is 102 Å². The molecule has 0 radical (unpaired) electrons. The summed E-state index contributed by atoms with van der Waals surface area (Å²) in [5.41, 5.74) is 6.30. The van der Waals surface area contributed by atoms with Gasteiger partial charge in [0, 0.05) is 111 Å². The number of imide groups is 1. The van der Waals surface area contributed by atoms with Crippen LogP contribution in [-0.2, 0) is 33.4 Å². The second-order valence-electron chi connectivity index (χ2n) is 21.5. The molecule has 1 aromatic heterocycles. The van der Waals surface area contributed by atoms with Crippen molar-refractivity contribution < 1.29 is 51.0 Å². The van der Waals surface area contributed by atoms with Gasteiger partial charge in [0.2, 0.25) is 23.3 Å². The molecular formula is C58H66F4N8O7. The van der Waals surface area contributed by atoms with E-state index in [2.05, 4.69) is 32.6 Å². The van der Waals surface area contributed by atoms with E-state index >= 15 is 17.6 Å². The van der Waals surface area contributed by atoms with E-state index in [-0.39, 0.29) is 107 Å². The van der Waals surface area contributed by atoms with Crippen LogP contribution in [-0.4, -0.2) is 115 Å². The van der Waals surface area contributed by atoms with E-state index in [9.17, 15) is 19.2 Å². The zero-order valence-electron chi connectivity index (χ0n) is 44.0. The largest absolute Gasteiger partial charge is 0.488 e. The molecule has 4 fully saturated rings. The van der Waals surface area contributed by atoms with Gasteiger partial charge in [0.25, 0.3) is 0 Å². The first-order chi connectivity index (χ1) is 37.1. The number of nitrogens with one attached hydrogen (secondary N) is 2. The lowest BCUT2D eigenvalue weighted by Gasteiger charge is -2.40. The van der Waals surface area contributed by atoms with E-state index in [0.29, 0.717) is 61.4 Å². The number of methoxy groups -OCH3 is 1. The number of primary amides is 1. The van der Waals surface area contributed by atoms with Crippen molar-refractivity contribution in [3.8, 4) is 34.6 Å². The molecule has 2 unspecified atom stereocenters. The number of nitrogens with zero attached hydrogens (tertiary/aromatic N) is 5. The van der Waals surface area contributed by atoms with Gasteiger partial charge >= 0.3 is 6.03 Å². The van der Waals surface area contributed by atoms with Crippen LogP contribution in [0.2, 0.25) is 0 Å². The lowest BCUT2D eigenvalue weighted by atomic mass is 9.77. The quantitative estimate of drug-likeness (QED) is 0.0516. The molecule has 10 rings (SSSR count). The molecule has 4 N–H and O–H groups in total. The van der Waals surface area contributed by atoms with Crippen LogP contribution in [0, 0.1) is 48.3 Å². The lowest BCUT2D eigenvalue weighted by Crippen LogP contribution is -2.50. The van der Waals surface area contributed by atoms with Gasteiger partial charge in [-0.25, -0.2) is 22.4 Å². The predicted molar refractivity (Wildman–Crippen MR) is 280 cm³/mol. The fourth-order valence-electron chi connectivity index (χ4n) is 12.7. The van der Waals surface area contributed by atoms with E-state index in [1.165, 1.54) is 41.8 Å². The van der Waals surface area contributed by atoms with Crippen molar-refractivity contribution in [1.29, 1.82) is 0 Å². The molecule has 0 spiro atoms. The Balaban J connectivity index is 0.738. The van der Waals surface area contributed by atoms with Crippen molar-refractivity contribution in [2.75, 3.05) is 64.5 Å². The molecular weight excluding hydrogens is 997 g/mol. The normalized spacial score (nSPS) is 24.2. The second-order valence-corrected chi connectivity index (χ2v) is 21.5. The molecule has 0 bridgehead atoms. The van der Waals surface area contributed by atoms with E-state index in [1.807, 2.05) is 42.2 Å². The van der Waals surface area contributed by atoms with Gasteiger partial charge in [-0.05, 0) is 112 Å². The summed E-state index contributed by atoms with van der Waals surface area (Å²) in [5, 5.41) is 10.1. The Bertz CT molecular complexity index is 3040. The molecule has 3 saturated heterocycles. The number of urea groups is 1. The summed E-state index contributed by atoms with van der Waals surface area (Å²) in [4.78, 5) is 56.8. The highest BCUT2D eigenvalue weighted by Gasteiger charge is 2.50. The van der Waals surface area contributed by atoms with Crippen LogP contribution in [0.25, 0.3) is 17.0 Å². The van der Waals surface area contributed by atoms with Crippen molar-refractivity contribution in [3.05, 3.63) is 99.2 Å². The standard InChI is InChI=1S/C58H66F4N8O7/c1-33-42(59)31-45-48(47(33)50-40(54(63)72)14-15-44(51(50)61)76-29-28-75-4)34(2)58(77-45,38-8-6-5-7-9-38)21-22-64-39-12-10-37(11-13-39)56(73)69-25-16-35(17-26-69)32-68-23-18-36(19-24-68)49-43(60)30-41-53(52(49)62)67(3)66-55(41)70-27-20-46(71)65-57(70)74/h5-9,14-15,31,34-37,39,43,64H,10-13,16-20,23-30,32H2,1-4H3,(H2,63,72)(H,65,71,74)/t34?,37?,39?,43?,58-/m0/s1. The third-order valence-corrected chi connectivity index (χ3v) is 16.9. The average Bonchev–Trinajstić information content (AvgIpc) is 4.08. The molecule has 5 heterocycles. The molecule has 5 amide bonds. The molecule has 6 aliphatic rings. The van der Waals surface area contributed by atoms with E-state index in [0.717, 1.165) is 45.3 Å². The molecule has 3 aromatic carbocycles. The highest BCUT2D eigenvalue weighted by atomic mass is 19.1. The van der Waals surface area contributed by atoms with Gasteiger partial charge in [0.15, 0.2) is 23.2 Å². The monoisotopic (exact) mass is 1060 g/mol. The summed E-state index contributed by atoms with van der Waals surface area (Å²) in [6, 6.07) is 15.9. The number of piperidine rings is 2. The summed E-state index contributed by atoms with van der Waals surface area (Å²) in [7, 11) is 3.08. The first-order valence-corrected chi connectivity index (χ1v) is 26.9. The minimum absolute atomic E-state index is 0.00186. The number of anilines is 1. The minimum atomic E-state index is -1.54. The number of hydrogen-bond acceptors (Lipinski definition) is 10. The maximum atomic E-state index is 16.6. The Labute approximate surface area is 445 Å². The third kappa shape index (κ3) is 10.3. The van der Waals surface area contributed by atoms with E-state index < -0.39 is 53.0 Å².